The number of alkyl halides is 3. The lowest BCUT2D eigenvalue weighted by Gasteiger charge is -2.22. The number of ether oxygens (including phenoxy) is 2. The Morgan fingerprint density at radius 1 is 0.871 bits per heavy atom. The summed E-state index contributed by atoms with van der Waals surface area (Å²) >= 11 is 0. The Balaban J connectivity index is 1.44. The summed E-state index contributed by atoms with van der Waals surface area (Å²) in [5.41, 5.74) is 4.47. The van der Waals surface area contributed by atoms with Crippen LogP contribution in [0.15, 0.2) is 71.8 Å². The molecule has 0 saturated carbocycles. The van der Waals surface area contributed by atoms with Crippen LogP contribution in [0.2, 0.25) is 0 Å². The Hall–Kier alpha value is -3.75. The van der Waals surface area contributed by atoms with E-state index in [1.807, 2.05) is 24.4 Å². The number of halogens is 4. The Morgan fingerprint density at radius 2 is 1.55 bits per heavy atom. The summed E-state index contributed by atoms with van der Waals surface area (Å²) in [4.78, 5) is 0. The number of hydrogen-bond acceptors (Lipinski definition) is 5. The molecule has 0 spiro atoms. The van der Waals surface area contributed by atoms with Crippen LogP contribution in [0.4, 0.5) is 17.6 Å². The summed E-state index contributed by atoms with van der Waals surface area (Å²) in [6, 6.07) is 17.0. The monoisotopic (exact) mass is 431 g/mol. The fourth-order valence-corrected chi connectivity index (χ4v) is 3.01. The van der Waals surface area contributed by atoms with E-state index in [4.69, 9.17) is 4.74 Å². The first-order chi connectivity index (χ1) is 14.9. The van der Waals surface area contributed by atoms with Crippen LogP contribution in [0.1, 0.15) is 0 Å². The second kappa shape index (κ2) is 8.55. The summed E-state index contributed by atoms with van der Waals surface area (Å²) in [6.07, 6.45) is -2.86. The molecule has 3 aromatic carbocycles. The van der Waals surface area contributed by atoms with Crippen molar-refractivity contribution < 1.29 is 27.0 Å². The van der Waals surface area contributed by atoms with E-state index in [-0.39, 0.29) is 11.6 Å². The average molecular weight is 431 g/mol. The number of hydrogen-bond donors (Lipinski definition) is 1. The highest BCUT2D eigenvalue weighted by Crippen LogP contribution is 2.25. The first-order valence-corrected chi connectivity index (χ1v) is 9.32. The standard InChI is InChI=1S/C22H17F4N3O2/c23-18-4-8-19(9-5-18)30-12-11-29-14-17-13-16(3-10-21(17)27-28-29)15-1-6-20(7-2-15)31-22(24,25)26/h1-10,13-14,28H,11-12H2. The third kappa shape index (κ3) is 5.44. The molecule has 31 heavy (non-hydrogen) atoms. The molecule has 4 rings (SSSR count). The minimum atomic E-state index is -4.72. The molecule has 0 saturated heterocycles. The molecule has 0 fully saturated rings. The fraction of sp³-hybridized carbons (Fsp3) is 0.136. The van der Waals surface area contributed by atoms with Crippen molar-refractivity contribution in [3.63, 3.8) is 0 Å². The lowest BCUT2D eigenvalue weighted by atomic mass is 10.0. The Bertz CT molecular complexity index is 1160. The molecule has 0 unspecified atom stereocenters. The van der Waals surface area contributed by atoms with Crippen LogP contribution in [0, 0.1) is 5.82 Å². The highest BCUT2D eigenvalue weighted by atomic mass is 19.4. The van der Waals surface area contributed by atoms with E-state index in [1.165, 1.54) is 24.3 Å². The van der Waals surface area contributed by atoms with Crippen LogP contribution in [-0.4, -0.2) is 24.5 Å². The number of hydrazine groups is 1. The smallest absolute Gasteiger partial charge is 0.492 e. The van der Waals surface area contributed by atoms with Gasteiger partial charge in [0.25, 0.3) is 0 Å². The molecule has 160 valence electrons. The van der Waals surface area contributed by atoms with Crippen LogP contribution in [-0.2, 0) is 0 Å². The van der Waals surface area contributed by atoms with E-state index in [0.29, 0.717) is 18.9 Å². The molecule has 3 aromatic rings. The first kappa shape index (κ1) is 20.5. The van der Waals surface area contributed by atoms with Crippen LogP contribution >= 0.6 is 0 Å². The summed E-state index contributed by atoms with van der Waals surface area (Å²) < 4.78 is 59.4. The van der Waals surface area contributed by atoms with Gasteiger partial charge >= 0.3 is 6.36 Å². The molecule has 0 radical (unpaired) electrons. The molecule has 1 aliphatic heterocycles. The molecular weight excluding hydrogens is 414 g/mol. The van der Waals surface area contributed by atoms with Crippen LogP contribution in [0.3, 0.4) is 0 Å². The van der Waals surface area contributed by atoms with Crippen LogP contribution in [0.5, 0.6) is 11.5 Å². The van der Waals surface area contributed by atoms with Gasteiger partial charge in [0.1, 0.15) is 23.9 Å². The molecule has 1 N–H and O–H groups in total. The van der Waals surface area contributed by atoms with Gasteiger partial charge in [0, 0.05) is 11.4 Å². The Labute approximate surface area is 174 Å². The van der Waals surface area contributed by atoms with Crippen LogP contribution < -0.4 is 25.6 Å². The summed E-state index contributed by atoms with van der Waals surface area (Å²) in [5, 5.41) is 7.62. The molecule has 1 aliphatic rings. The van der Waals surface area contributed by atoms with Gasteiger partial charge in [-0.25, -0.2) is 9.93 Å². The van der Waals surface area contributed by atoms with Crippen molar-refractivity contribution in [3.05, 3.63) is 83.1 Å². The third-order valence-electron chi connectivity index (χ3n) is 4.46. The second-order valence-corrected chi connectivity index (χ2v) is 6.68. The maximum Gasteiger partial charge on any atom is 0.573 e. The minimum Gasteiger partial charge on any atom is -0.492 e. The fourth-order valence-electron chi connectivity index (χ4n) is 3.01. The molecule has 0 atom stereocenters. The largest absolute Gasteiger partial charge is 0.573 e. The van der Waals surface area contributed by atoms with Gasteiger partial charge in [-0.2, -0.15) is 5.10 Å². The zero-order valence-corrected chi connectivity index (χ0v) is 16.1. The molecular formula is C22H17F4N3O2. The molecule has 9 heteroatoms. The zero-order chi connectivity index (χ0) is 21.8. The van der Waals surface area contributed by atoms with Crippen molar-refractivity contribution >= 4 is 6.20 Å². The number of fused-ring (bicyclic) bond motifs is 1. The van der Waals surface area contributed by atoms with Gasteiger partial charge in [-0.05, 0) is 59.7 Å². The van der Waals surface area contributed by atoms with Crippen LogP contribution in [0.25, 0.3) is 17.3 Å². The topological polar surface area (TPSA) is 46.1 Å². The van der Waals surface area contributed by atoms with E-state index in [1.54, 1.807) is 29.3 Å². The van der Waals surface area contributed by atoms with Gasteiger partial charge in [-0.1, -0.05) is 18.2 Å². The predicted octanol–water partition coefficient (Wildman–Crippen LogP) is 3.56. The van der Waals surface area contributed by atoms with Gasteiger partial charge < -0.3 is 9.47 Å². The highest BCUT2D eigenvalue weighted by molar-refractivity contribution is 5.64. The Morgan fingerprint density at radius 3 is 2.26 bits per heavy atom. The van der Waals surface area contributed by atoms with Crippen molar-refractivity contribution in [1.29, 1.82) is 0 Å². The van der Waals surface area contributed by atoms with E-state index in [0.717, 1.165) is 21.7 Å². The quantitative estimate of drug-likeness (QED) is 0.607. The first-order valence-electron chi connectivity index (χ1n) is 9.32. The molecule has 0 bridgehead atoms. The number of benzene rings is 3. The average Bonchev–Trinajstić information content (AvgIpc) is 2.74. The maximum atomic E-state index is 12.9. The van der Waals surface area contributed by atoms with Gasteiger partial charge in [-0.3, -0.25) is 5.01 Å². The number of nitrogens with one attached hydrogen (secondary N) is 1. The third-order valence-corrected chi connectivity index (χ3v) is 4.46. The minimum absolute atomic E-state index is 0.271. The van der Waals surface area contributed by atoms with Gasteiger partial charge in [0.05, 0.1) is 11.9 Å². The van der Waals surface area contributed by atoms with E-state index >= 15 is 0 Å². The lowest BCUT2D eigenvalue weighted by molar-refractivity contribution is -0.274. The van der Waals surface area contributed by atoms with Gasteiger partial charge in [-0.15, -0.1) is 13.2 Å². The van der Waals surface area contributed by atoms with Crippen molar-refractivity contribution in [2.45, 2.75) is 6.36 Å². The van der Waals surface area contributed by atoms with Gasteiger partial charge in [0.15, 0.2) is 0 Å². The van der Waals surface area contributed by atoms with E-state index < -0.39 is 6.36 Å². The SMILES string of the molecule is Fc1ccc(OCCN2C=c3cc(-c4ccc(OC(F)(F)F)cc4)ccc3=NN2)cc1. The summed E-state index contributed by atoms with van der Waals surface area (Å²) in [7, 11) is 0. The van der Waals surface area contributed by atoms with E-state index in [2.05, 4.69) is 15.4 Å². The van der Waals surface area contributed by atoms with E-state index in [9.17, 15) is 17.6 Å². The lowest BCUT2D eigenvalue weighted by Crippen LogP contribution is -2.43. The normalized spacial score (nSPS) is 12.8. The van der Waals surface area contributed by atoms with Crippen molar-refractivity contribution in [3.8, 4) is 22.6 Å². The van der Waals surface area contributed by atoms with Crippen molar-refractivity contribution in [2.24, 2.45) is 5.10 Å². The van der Waals surface area contributed by atoms with Crippen molar-refractivity contribution in [1.82, 2.24) is 10.5 Å². The molecule has 1 heterocycles. The zero-order valence-electron chi connectivity index (χ0n) is 16.1. The number of rotatable bonds is 6. The maximum absolute atomic E-state index is 12.9. The highest BCUT2D eigenvalue weighted by Gasteiger charge is 2.30. The summed E-state index contributed by atoms with van der Waals surface area (Å²) in [5.74, 6) is -0.0320. The Kier molecular flexibility index (Phi) is 5.66. The predicted molar refractivity (Wildman–Crippen MR) is 106 cm³/mol. The second-order valence-electron chi connectivity index (χ2n) is 6.68. The molecule has 0 aliphatic carbocycles. The summed E-state index contributed by atoms with van der Waals surface area (Å²) in [6.45, 7) is 0.828. The molecule has 0 amide bonds. The number of nitrogens with zero attached hydrogens (tertiary/aromatic N) is 2. The van der Waals surface area contributed by atoms with Gasteiger partial charge in [0.2, 0.25) is 0 Å². The molecule has 0 aromatic heterocycles. The molecule has 5 nitrogen and oxygen atoms in total. The van der Waals surface area contributed by atoms with Crippen molar-refractivity contribution in [2.75, 3.05) is 13.2 Å².